The van der Waals surface area contributed by atoms with E-state index in [0.717, 1.165) is 120 Å². The van der Waals surface area contributed by atoms with Crippen molar-refractivity contribution in [1.29, 1.82) is 0 Å². The second-order valence-electron chi connectivity index (χ2n) is 34.5. The number of hydrogen-bond donors (Lipinski definition) is 8. The van der Waals surface area contributed by atoms with E-state index in [-0.39, 0.29) is 77.7 Å². The highest BCUT2D eigenvalue weighted by Gasteiger charge is 2.31. The van der Waals surface area contributed by atoms with Gasteiger partial charge in [-0.2, -0.15) is 25.5 Å². The van der Waals surface area contributed by atoms with E-state index in [4.69, 9.17) is 33.4 Å². The Morgan fingerprint density at radius 2 is 0.645 bits per heavy atom. The van der Waals surface area contributed by atoms with Gasteiger partial charge in [-0.1, -0.05) is 91.1 Å². The number of sulfonamides is 1. The van der Waals surface area contributed by atoms with Crippen molar-refractivity contribution in [3.63, 3.8) is 0 Å². The minimum atomic E-state index is -3.61. The van der Waals surface area contributed by atoms with Crippen LogP contribution in [0, 0.1) is 89.0 Å². The fourth-order valence-electron chi connectivity index (χ4n) is 15.1. The van der Waals surface area contributed by atoms with Crippen LogP contribution < -0.4 is 48.8 Å². The minimum Gasteiger partial charge on any atom is -0.410 e. The number of hydrogen-bond acceptors (Lipinski definition) is 32. The molecule has 15 rings (SSSR count). The molecule has 10 heterocycles. The van der Waals surface area contributed by atoms with E-state index in [2.05, 4.69) is 66.3 Å². The summed E-state index contributed by atoms with van der Waals surface area (Å²) in [7, 11) is 8.35. The van der Waals surface area contributed by atoms with Crippen LogP contribution in [0.2, 0.25) is 0 Å². The Labute approximate surface area is 838 Å². The van der Waals surface area contributed by atoms with Crippen LogP contribution in [0.25, 0.3) is 51.1 Å². The van der Waals surface area contributed by atoms with Gasteiger partial charge in [0.15, 0.2) is 0 Å². The Morgan fingerprint density at radius 3 is 0.993 bits per heavy atom. The van der Waals surface area contributed by atoms with Crippen LogP contribution in [-0.4, -0.2) is 262 Å². The number of carbonyl (C=O) groups excluding carboxylic acids is 9. The Morgan fingerprint density at radius 1 is 0.348 bits per heavy atom. The number of benzene rings is 4. The molecule has 13 N–H and O–H groups in total. The average Bonchev–Trinajstić information content (AvgIpc) is 1.65. The number of carbonyl (C=O) groups is 9. The third kappa shape index (κ3) is 25.8. The number of aryl methyl sites for hydroxylation is 12. The number of nitrogens with two attached hydrogens (primary N) is 5. The molecule has 0 unspecified atom stereocenters. The molecule has 0 saturated heterocycles. The van der Waals surface area contributed by atoms with Gasteiger partial charge in [0.2, 0.25) is 15.9 Å². The zero-order valence-corrected chi connectivity index (χ0v) is 87.3. The molecule has 43 heteroatoms. The lowest BCUT2D eigenvalue weighted by Crippen LogP contribution is -2.40. The molecule has 0 bridgehead atoms. The number of anilines is 5. The second-order valence-corrected chi connectivity index (χ2v) is 41.2. The average molecular weight is 2030 g/mol. The van der Waals surface area contributed by atoms with Gasteiger partial charge >= 0.3 is 6.09 Å². The Balaban J connectivity index is 0.000000168. The summed E-state index contributed by atoms with van der Waals surface area (Å²) in [5.74, 6) is -0.463. The molecule has 744 valence electrons. The van der Waals surface area contributed by atoms with E-state index < -0.39 is 16.1 Å². The number of fused-ring (bicyclic) bond motifs is 5. The third-order valence-electron chi connectivity index (χ3n) is 24.3. The number of rotatable bonds is 26. The van der Waals surface area contributed by atoms with Crippen LogP contribution in [-0.2, 0) is 14.8 Å². The number of thiophene rings is 5. The number of likely N-dealkylation sites (N-methyl/N-ethyl adjacent to an activating group) is 7. The van der Waals surface area contributed by atoms with Gasteiger partial charge in [-0.3, -0.25) is 38.4 Å². The molecule has 1 aliphatic rings. The van der Waals surface area contributed by atoms with Crippen molar-refractivity contribution < 1.29 is 56.3 Å². The van der Waals surface area contributed by atoms with Gasteiger partial charge in [0.1, 0.15) is 54.3 Å². The number of aromatic nitrogens is 10. The van der Waals surface area contributed by atoms with Crippen LogP contribution in [0.5, 0.6) is 5.75 Å². The Kier molecular flexibility index (Phi) is 36.4. The molecular formula is C98H119N25O12S6. The van der Waals surface area contributed by atoms with Gasteiger partial charge < -0.3 is 78.3 Å². The van der Waals surface area contributed by atoms with E-state index in [1.165, 1.54) is 85.0 Å². The predicted octanol–water partition coefficient (Wildman–Crippen LogP) is 13.4. The Bertz CT molecular complexity index is 7130. The lowest BCUT2D eigenvalue weighted by molar-refractivity contribution is -0.135. The number of nitrogens with zero attached hydrogens (tertiary/aromatic N) is 17. The summed E-state index contributed by atoms with van der Waals surface area (Å²) in [4.78, 5) is 130. The molecule has 9 amide bonds. The summed E-state index contributed by atoms with van der Waals surface area (Å²) in [6.45, 7) is 26.1. The topological polar surface area (TPSA) is 515 Å². The third-order valence-corrected chi connectivity index (χ3v) is 31.2. The second kappa shape index (κ2) is 47.8. The highest BCUT2D eigenvalue weighted by Crippen LogP contribution is 2.41. The fraction of sp³-hybridized carbons (Fsp3) is 0.357. The van der Waals surface area contributed by atoms with Crippen molar-refractivity contribution in [2.75, 3.05) is 143 Å². The quantitative estimate of drug-likeness (QED) is 0.0250. The van der Waals surface area contributed by atoms with Crippen molar-refractivity contribution in [1.82, 2.24) is 101 Å². The monoisotopic (exact) mass is 2030 g/mol. The molecule has 14 aromatic rings. The molecular weight excluding hydrogens is 1910 g/mol. The number of para-hydroxylation sites is 1. The van der Waals surface area contributed by atoms with Crippen molar-refractivity contribution in [3.05, 3.63) is 212 Å². The van der Waals surface area contributed by atoms with Gasteiger partial charge in [0.05, 0.1) is 61.8 Å². The highest BCUT2D eigenvalue weighted by molar-refractivity contribution is 7.89. The first-order chi connectivity index (χ1) is 66.9. The maximum atomic E-state index is 12.9. The molecule has 1 saturated carbocycles. The predicted molar refractivity (Wildman–Crippen MR) is 559 cm³/mol. The van der Waals surface area contributed by atoms with E-state index in [9.17, 15) is 51.6 Å². The van der Waals surface area contributed by atoms with Crippen molar-refractivity contribution >= 4 is 200 Å². The summed E-state index contributed by atoms with van der Waals surface area (Å²) in [6, 6.07) is 31.7. The zero-order valence-electron chi connectivity index (χ0n) is 82.4. The van der Waals surface area contributed by atoms with Crippen molar-refractivity contribution in [2.24, 2.45) is 5.92 Å². The molecule has 0 aliphatic heterocycles. The highest BCUT2D eigenvalue weighted by atomic mass is 32.2. The molecule has 1 fully saturated rings. The van der Waals surface area contributed by atoms with Gasteiger partial charge in [0.25, 0.3) is 41.4 Å². The Hall–Kier alpha value is -14.0. The summed E-state index contributed by atoms with van der Waals surface area (Å²) in [5, 5.41) is 50.6. The maximum Gasteiger partial charge on any atom is 0.412 e. The van der Waals surface area contributed by atoms with Crippen LogP contribution in [0.4, 0.5) is 33.2 Å². The number of amides is 9. The van der Waals surface area contributed by atoms with E-state index in [0.29, 0.717) is 140 Å². The summed E-state index contributed by atoms with van der Waals surface area (Å²) in [5.41, 5.74) is 45.3. The minimum absolute atomic E-state index is 0.0719. The smallest absolute Gasteiger partial charge is 0.410 e. The number of nitrogen functional groups attached to an aromatic ring is 5. The molecule has 0 spiro atoms. The van der Waals surface area contributed by atoms with Gasteiger partial charge in [-0.25, -0.2) is 17.9 Å². The molecule has 37 nitrogen and oxygen atoms in total. The first-order valence-corrected chi connectivity index (χ1v) is 50.8. The van der Waals surface area contributed by atoms with Gasteiger partial charge in [-0.15, -0.1) is 82.2 Å². The fourth-order valence-corrected chi connectivity index (χ4v) is 21.6. The first kappa shape index (κ1) is 107. The van der Waals surface area contributed by atoms with E-state index in [1.807, 2.05) is 133 Å². The summed E-state index contributed by atoms with van der Waals surface area (Å²) < 4.78 is 32.1. The lowest BCUT2D eigenvalue weighted by atomic mass is 9.88. The molecule has 141 heavy (non-hydrogen) atoms. The van der Waals surface area contributed by atoms with Gasteiger partial charge in [0, 0.05) is 159 Å². The summed E-state index contributed by atoms with van der Waals surface area (Å²) in [6.07, 6.45) is 4.89. The lowest BCUT2D eigenvalue weighted by Gasteiger charge is -2.28. The maximum absolute atomic E-state index is 12.9. The zero-order chi connectivity index (χ0) is 103. The largest absolute Gasteiger partial charge is 0.412 e. The van der Waals surface area contributed by atoms with Gasteiger partial charge in [-0.05, 0) is 172 Å². The summed E-state index contributed by atoms with van der Waals surface area (Å²) >= 11 is 6.19. The molecule has 0 atom stereocenters. The molecule has 10 aromatic heterocycles. The van der Waals surface area contributed by atoms with Crippen molar-refractivity contribution in [3.8, 4) is 5.75 Å². The van der Waals surface area contributed by atoms with Crippen LogP contribution in [0.1, 0.15) is 169 Å². The number of ether oxygens (including phenoxy) is 1. The standard InChI is InChI=1S/C21H25N5O2S.C20H23N5O2S.C20H29N5O2S.C19H21N5O3S.C18H21N5O3S2/c1-12-7-6-8-15(11-12)20(27)25(4)9-10-26(5)21(28)18-17(22)16-13(2)14(3)23-24-19(16)29-18;1-11-6-5-7-14(10-11)18(26)22-8-9-25(4)20(27)17-16(21)15-12(2)13(3)23-24-19(15)28-17;1-12-13(2)22-23-18-15(12)16(21)17(28-18)20(27)25(4)11-10-24(3)19(26)14-8-6-5-7-9-14;1-11-12(2)22-23-17-14(11)15(20)16(28-17)18(25)24(3)10-9-21-19(26)27-13-7-5-4-6-8-13;1-11-12(2)21-22-17-14(11)15(19)16(27-17)18(24)23(3)10-9-20-28(25,26)13-7-5-4-6-8-13/h6-8,11H,9-10,22H2,1-5H3;5-7,10H,8-9,21H2,1-4H3,(H,22,26);14H,5-11,21H2,1-4H3;4-8H,9-10,20H2,1-3H3,(H,21,26);4-8,20H,9-10,19H2,1-3H3. The van der Waals surface area contributed by atoms with Crippen molar-refractivity contribution in [2.45, 2.75) is 120 Å². The first-order valence-electron chi connectivity index (χ1n) is 45.2. The molecule has 4 aromatic carbocycles. The molecule has 1 aliphatic carbocycles. The van der Waals surface area contributed by atoms with E-state index in [1.54, 1.807) is 121 Å². The van der Waals surface area contributed by atoms with Crippen LogP contribution >= 0.6 is 56.7 Å². The normalized spacial score (nSPS) is 11.8. The number of nitrogens with one attached hydrogen (secondary N) is 3. The van der Waals surface area contributed by atoms with Crippen LogP contribution in [0.3, 0.4) is 0 Å². The van der Waals surface area contributed by atoms with Crippen LogP contribution in [0.15, 0.2) is 114 Å². The molecule has 0 radical (unpaired) electrons. The SMILES string of the molecule is Cc1cccc(C(=O)N(C)CCN(C)C(=O)c2sc3nnc(C)c(C)c3c2N)c1.Cc1cccc(C(=O)NCCN(C)C(=O)c2sc3nnc(C)c(C)c3c2N)c1.Cc1nnc2sc(C(=O)N(C)CCN(C)C(=O)C3CCCCC3)c(N)c2c1C.Cc1nnc2sc(C(=O)N(C)CCNC(=O)Oc3ccccc3)c(N)c2c1C.Cc1nnc2sc(C(=O)N(C)CCNS(=O)(=O)c3ccccc3)c(N)c2c1C. The van der Waals surface area contributed by atoms with E-state index >= 15 is 0 Å².